The Bertz CT molecular complexity index is 399. The van der Waals surface area contributed by atoms with Crippen LogP contribution in [0.5, 0.6) is 0 Å². The van der Waals surface area contributed by atoms with Gasteiger partial charge in [-0.3, -0.25) is 4.79 Å². The van der Waals surface area contributed by atoms with Crippen molar-refractivity contribution in [2.75, 3.05) is 7.11 Å². The highest BCUT2D eigenvalue weighted by Crippen LogP contribution is 2.19. The molecule has 0 saturated carbocycles. The normalized spacial score (nSPS) is 13.4. The largest absolute Gasteiger partial charge is 0.469 e. The van der Waals surface area contributed by atoms with Gasteiger partial charge in [-0.15, -0.1) is 11.3 Å². The zero-order chi connectivity index (χ0) is 13.8. The molecule has 0 aliphatic rings. The Morgan fingerprint density at radius 1 is 1.50 bits per heavy atom. The highest BCUT2D eigenvalue weighted by atomic mass is 32.1. The third-order valence-electron chi connectivity index (χ3n) is 3.03. The maximum atomic E-state index is 11.1. The highest BCUT2D eigenvalue weighted by Gasteiger charge is 2.23. The van der Waals surface area contributed by atoms with Crippen molar-refractivity contribution in [2.24, 2.45) is 0 Å². The van der Waals surface area contributed by atoms with Crippen LogP contribution in [0, 0.1) is 0 Å². The molecule has 2 N–H and O–H groups in total. The number of aliphatic hydroxyl groups excluding tert-OH is 1. The molecule has 1 aromatic rings. The Balaban J connectivity index is 2.52. The van der Waals surface area contributed by atoms with E-state index in [2.05, 4.69) is 10.1 Å². The minimum atomic E-state index is -0.424. The molecule has 0 aliphatic heterocycles. The van der Waals surface area contributed by atoms with E-state index in [0.29, 0.717) is 13.0 Å². The van der Waals surface area contributed by atoms with Gasteiger partial charge >= 0.3 is 5.97 Å². The third-order valence-corrected chi connectivity index (χ3v) is 4.11. The molecule has 1 unspecified atom stereocenters. The van der Waals surface area contributed by atoms with Crippen molar-refractivity contribution >= 4 is 17.3 Å². The zero-order valence-corrected chi connectivity index (χ0v) is 12.1. The Morgan fingerprint density at radius 2 is 2.11 bits per heavy atom. The minimum absolute atomic E-state index is 0.222. The first-order chi connectivity index (χ1) is 8.35. The monoisotopic (exact) mass is 271 g/mol. The van der Waals surface area contributed by atoms with Crippen LogP contribution in [0.4, 0.5) is 0 Å². The summed E-state index contributed by atoms with van der Waals surface area (Å²) in [5.41, 5.74) is -0.327. The lowest BCUT2D eigenvalue weighted by Crippen LogP contribution is -2.47. The summed E-state index contributed by atoms with van der Waals surface area (Å²) in [6.07, 6.45) is -0.104. The Hall–Kier alpha value is -0.910. The Morgan fingerprint density at radius 3 is 2.67 bits per heavy atom. The van der Waals surface area contributed by atoms with E-state index in [1.165, 1.54) is 7.11 Å². The first-order valence-electron chi connectivity index (χ1n) is 5.92. The molecule has 1 heterocycles. The molecule has 0 fully saturated rings. The molecule has 1 atom stereocenters. The fraction of sp³-hybridized carbons (Fsp3) is 0.615. The van der Waals surface area contributed by atoms with Gasteiger partial charge in [0.2, 0.25) is 0 Å². The van der Waals surface area contributed by atoms with Gasteiger partial charge in [-0.25, -0.2) is 0 Å². The van der Waals surface area contributed by atoms with E-state index < -0.39 is 6.10 Å². The van der Waals surface area contributed by atoms with Crippen molar-refractivity contribution in [1.82, 2.24) is 5.32 Å². The van der Waals surface area contributed by atoms with E-state index in [1.807, 2.05) is 26.0 Å². The average Bonchev–Trinajstić information content (AvgIpc) is 2.74. The SMILES string of the molecule is COC(=O)Cc1ccc(CNC(C)(C)C(C)O)s1. The van der Waals surface area contributed by atoms with Gasteiger partial charge in [-0.05, 0) is 32.9 Å². The molecule has 1 rings (SSSR count). The molecule has 18 heavy (non-hydrogen) atoms. The second kappa shape index (κ2) is 6.31. The van der Waals surface area contributed by atoms with Gasteiger partial charge < -0.3 is 15.2 Å². The van der Waals surface area contributed by atoms with E-state index >= 15 is 0 Å². The van der Waals surface area contributed by atoms with E-state index in [0.717, 1.165) is 9.75 Å². The summed E-state index contributed by atoms with van der Waals surface area (Å²) in [6, 6.07) is 3.93. The standard InChI is InChI=1S/C13H21NO3S/c1-9(15)13(2,3)14-8-11-6-5-10(18-11)7-12(16)17-4/h5-6,9,14-15H,7-8H2,1-4H3. The second-order valence-electron chi connectivity index (χ2n) is 4.87. The fourth-order valence-electron chi connectivity index (χ4n) is 1.29. The summed E-state index contributed by atoms with van der Waals surface area (Å²) in [6.45, 7) is 6.37. The molecule has 1 aromatic heterocycles. The molecular formula is C13H21NO3S. The van der Waals surface area contributed by atoms with Crippen LogP contribution in [-0.4, -0.2) is 29.8 Å². The van der Waals surface area contributed by atoms with Crippen molar-refractivity contribution in [2.45, 2.75) is 45.4 Å². The van der Waals surface area contributed by atoms with Crippen LogP contribution >= 0.6 is 11.3 Å². The van der Waals surface area contributed by atoms with Crippen LogP contribution in [0.2, 0.25) is 0 Å². The molecule has 0 saturated heterocycles. The van der Waals surface area contributed by atoms with Gasteiger partial charge in [-0.1, -0.05) is 0 Å². The number of hydrogen-bond acceptors (Lipinski definition) is 5. The van der Waals surface area contributed by atoms with Gasteiger partial charge in [0.1, 0.15) is 0 Å². The molecule has 0 radical (unpaired) electrons. The van der Waals surface area contributed by atoms with Gasteiger partial charge in [0.05, 0.1) is 19.6 Å². The summed E-state index contributed by atoms with van der Waals surface area (Å²) in [4.78, 5) is 13.3. The number of hydrogen-bond donors (Lipinski definition) is 2. The predicted molar refractivity (Wildman–Crippen MR) is 72.6 cm³/mol. The van der Waals surface area contributed by atoms with Crippen LogP contribution in [0.25, 0.3) is 0 Å². The molecule has 0 aliphatic carbocycles. The molecular weight excluding hydrogens is 250 g/mol. The first-order valence-corrected chi connectivity index (χ1v) is 6.74. The number of nitrogens with one attached hydrogen (secondary N) is 1. The van der Waals surface area contributed by atoms with Crippen molar-refractivity contribution in [3.8, 4) is 0 Å². The van der Waals surface area contributed by atoms with Gasteiger partial charge in [-0.2, -0.15) is 0 Å². The average molecular weight is 271 g/mol. The molecule has 0 bridgehead atoms. The number of esters is 1. The van der Waals surface area contributed by atoms with E-state index in [4.69, 9.17) is 0 Å². The second-order valence-corrected chi connectivity index (χ2v) is 6.13. The Kier molecular flexibility index (Phi) is 5.31. The summed E-state index contributed by atoms with van der Waals surface area (Å²) >= 11 is 1.58. The maximum absolute atomic E-state index is 11.1. The maximum Gasteiger partial charge on any atom is 0.310 e. The number of carbonyl (C=O) groups is 1. The summed E-state index contributed by atoms with van der Waals surface area (Å²) in [7, 11) is 1.39. The first kappa shape index (κ1) is 15.1. The lowest BCUT2D eigenvalue weighted by Gasteiger charge is -2.29. The number of thiophene rings is 1. The minimum Gasteiger partial charge on any atom is -0.469 e. The van der Waals surface area contributed by atoms with E-state index in [-0.39, 0.29) is 11.5 Å². The molecule has 0 amide bonds. The molecule has 102 valence electrons. The number of carbonyl (C=O) groups excluding carboxylic acids is 1. The Labute approximate surface area is 112 Å². The van der Waals surface area contributed by atoms with Gasteiger partial charge in [0.25, 0.3) is 0 Å². The topological polar surface area (TPSA) is 58.6 Å². The number of ether oxygens (including phenoxy) is 1. The zero-order valence-electron chi connectivity index (χ0n) is 11.3. The lowest BCUT2D eigenvalue weighted by molar-refractivity contribution is -0.139. The van der Waals surface area contributed by atoms with Crippen molar-refractivity contribution in [3.05, 3.63) is 21.9 Å². The van der Waals surface area contributed by atoms with Crippen LogP contribution in [0.3, 0.4) is 0 Å². The summed E-state index contributed by atoms with van der Waals surface area (Å²) in [5, 5.41) is 12.9. The molecule has 4 nitrogen and oxygen atoms in total. The predicted octanol–water partition coefficient (Wildman–Crippen LogP) is 1.71. The quantitative estimate of drug-likeness (QED) is 0.773. The van der Waals surface area contributed by atoms with E-state index in [1.54, 1.807) is 18.3 Å². The van der Waals surface area contributed by atoms with Crippen LogP contribution in [0.15, 0.2) is 12.1 Å². The van der Waals surface area contributed by atoms with E-state index in [9.17, 15) is 9.90 Å². The highest BCUT2D eigenvalue weighted by molar-refractivity contribution is 7.12. The molecule has 5 heteroatoms. The number of rotatable bonds is 6. The van der Waals surface area contributed by atoms with Crippen LogP contribution in [-0.2, 0) is 22.5 Å². The van der Waals surface area contributed by atoms with Gasteiger partial charge in [0.15, 0.2) is 0 Å². The number of methoxy groups -OCH3 is 1. The van der Waals surface area contributed by atoms with Crippen molar-refractivity contribution < 1.29 is 14.6 Å². The lowest BCUT2D eigenvalue weighted by atomic mass is 9.99. The number of aliphatic hydroxyl groups is 1. The smallest absolute Gasteiger partial charge is 0.310 e. The van der Waals surface area contributed by atoms with Crippen molar-refractivity contribution in [3.63, 3.8) is 0 Å². The van der Waals surface area contributed by atoms with Gasteiger partial charge in [0, 0.05) is 21.8 Å². The molecule has 0 spiro atoms. The third kappa shape index (κ3) is 4.40. The van der Waals surface area contributed by atoms with Crippen LogP contribution < -0.4 is 5.32 Å². The fourth-order valence-corrected chi connectivity index (χ4v) is 2.23. The van der Waals surface area contributed by atoms with Crippen molar-refractivity contribution in [1.29, 1.82) is 0 Å². The molecule has 0 aromatic carbocycles. The summed E-state index contributed by atoms with van der Waals surface area (Å²) in [5.74, 6) is -0.222. The summed E-state index contributed by atoms with van der Waals surface area (Å²) < 4.78 is 4.63. The van der Waals surface area contributed by atoms with Crippen LogP contribution in [0.1, 0.15) is 30.5 Å².